The van der Waals surface area contributed by atoms with Crippen LogP contribution in [0.25, 0.3) is 0 Å². The van der Waals surface area contributed by atoms with Crippen molar-refractivity contribution >= 4 is 17.7 Å². The third kappa shape index (κ3) is 3.21. The van der Waals surface area contributed by atoms with Crippen LogP contribution in [-0.2, 0) is 4.79 Å². The van der Waals surface area contributed by atoms with E-state index in [0.717, 1.165) is 24.6 Å². The van der Waals surface area contributed by atoms with E-state index in [4.69, 9.17) is 5.73 Å². The molecule has 0 aromatic carbocycles. The third-order valence-corrected chi connectivity index (χ3v) is 5.12. The molecule has 3 nitrogen and oxygen atoms in total. The zero-order valence-electron chi connectivity index (χ0n) is 11.4. The third-order valence-electron chi connectivity index (χ3n) is 4.48. The van der Waals surface area contributed by atoms with Gasteiger partial charge in [-0.05, 0) is 50.0 Å². The lowest BCUT2D eigenvalue weighted by molar-refractivity contribution is -0.139. The number of nitrogens with zero attached hydrogens (tertiary/aromatic N) is 1. The Morgan fingerprint density at radius 2 is 2.06 bits per heavy atom. The molecule has 104 valence electrons. The Labute approximate surface area is 115 Å². The molecule has 1 heterocycles. The highest BCUT2D eigenvalue weighted by Gasteiger charge is 2.36. The average Bonchev–Trinajstić information content (AvgIpc) is 2.43. The molecular weight excluding hydrogens is 244 g/mol. The van der Waals surface area contributed by atoms with E-state index >= 15 is 0 Å². The summed E-state index contributed by atoms with van der Waals surface area (Å²) in [5.74, 6) is 1.94. The average molecular weight is 270 g/mol. The fraction of sp³-hybridized carbons (Fsp3) is 0.929. The van der Waals surface area contributed by atoms with Crippen molar-refractivity contribution in [1.29, 1.82) is 0 Å². The van der Waals surface area contributed by atoms with Gasteiger partial charge in [-0.2, -0.15) is 11.8 Å². The van der Waals surface area contributed by atoms with Crippen LogP contribution >= 0.6 is 11.8 Å². The van der Waals surface area contributed by atoms with Crippen LogP contribution < -0.4 is 5.73 Å². The second-order valence-electron chi connectivity index (χ2n) is 5.67. The molecular formula is C14H26N2OS. The minimum Gasteiger partial charge on any atom is -0.338 e. The van der Waals surface area contributed by atoms with Crippen LogP contribution in [0, 0.1) is 5.92 Å². The Morgan fingerprint density at radius 3 is 2.83 bits per heavy atom. The molecule has 2 aliphatic rings. The fourth-order valence-electron chi connectivity index (χ4n) is 3.48. The standard InChI is InChI=1S/C14H26N2OS/c1-18-10-8-12(15)14(17)16-9-4-6-11-5-2-3-7-13(11)16/h11-13H,2-10,15H2,1H3/t11-,12-,13-/m1/s1. The summed E-state index contributed by atoms with van der Waals surface area (Å²) in [7, 11) is 0. The van der Waals surface area contributed by atoms with Crippen molar-refractivity contribution in [1.82, 2.24) is 4.90 Å². The van der Waals surface area contributed by atoms with Crippen molar-refractivity contribution < 1.29 is 4.79 Å². The summed E-state index contributed by atoms with van der Waals surface area (Å²) in [5.41, 5.74) is 6.05. The van der Waals surface area contributed by atoms with Gasteiger partial charge in [-0.3, -0.25) is 4.79 Å². The highest BCUT2D eigenvalue weighted by molar-refractivity contribution is 7.98. The first-order chi connectivity index (χ1) is 8.74. The van der Waals surface area contributed by atoms with Crippen LogP contribution in [0.5, 0.6) is 0 Å². The minimum atomic E-state index is -0.280. The Morgan fingerprint density at radius 1 is 1.33 bits per heavy atom. The van der Waals surface area contributed by atoms with Crippen molar-refractivity contribution in [2.24, 2.45) is 11.7 Å². The molecule has 1 amide bonds. The number of thioether (sulfide) groups is 1. The predicted octanol–water partition coefficient (Wildman–Crippen LogP) is 2.25. The number of rotatable bonds is 4. The van der Waals surface area contributed by atoms with E-state index in [0.29, 0.717) is 6.04 Å². The second kappa shape index (κ2) is 6.80. The summed E-state index contributed by atoms with van der Waals surface area (Å²) < 4.78 is 0. The molecule has 1 aliphatic heterocycles. The molecule has 0 radical (unpaired) electrons. The van der Waals surface area contributed by atoms with Crippen LogP contribution in [-0.4, -0.2) is 41.4 Å². The van der Waals surface area contributed by atoms with Gasteiger partial charge in [0.1, 0.15) is 0 Å². The molecule has 0 aromatic rings. The lowest BCUT2D eigenvalue weighted by Crippen LogP contribution is -2.54. The quantitative estimate of drug-likeness (QED) is 0.852. The summed E-state index contributed by atoms with van der Waals surface area (Å²) >= 11 is 1.77. The first-order valence-electron chi connectivity index (χ1n) is 7.29. The summed E-state index contributed by atoms with van der Waals surface area (Å²) in [6.45, 7) is 0.937. The summed E-state index contributed by atoms with van der Waals surface area (Å²) in [4.78, 5) is 14.6. The van der Waals surface area contributed by atoms with Gasteiger partial charge in [0.2, 0.25) is 5.91 Å². The first kappa shape index (κ1) is 14.2. The number of hydrogen-bond acceptors (Lipinski definition) is 3. The predicted molar refractivity (Wildman–Crippen MR) is 77.7 cm³/mol. The maximum absolute atomic E-state index is 12.5. The van der Waals surface area contributed by atoms with Gasteiger partial charge in [0.15, 0.2) is 0 Å². The van der Waals surface area contributed by atoms with E-state index in [1.807, 2.05) is 0 Å². The van der Waals surface area contributed by atoms with Gasteiger partial charge in [0, 0.05) is 12.6 Å². The Kier molecular flexibility index (Phi) is 5.37. The van der Waals surface area contributed by atoms with Crippen LogP contribution in [0.4, 0.5) is 0 Å². The fourth-order valence-corrected chi connectivity index (χ4v) is 3.97. The lowest BCUT2D eigenvalue weighted by Gasteiger charge is -2.45. The summed E-state index contributed by atoms with van der Waals surface area (Å²) in [6, 6.07) is 0.221. The molecule has 2 fully saturated rings. The lowest BCUT2D eigenvalue weighted by atomic mass is 9.78. The SMILES string of the molecule is CSCC[C@@H](N)C(=O)N1CCC[C@H]2CCCC[C@H]21. The number of carbonyl (C=O) groups excluding carboxylic acids is 1. The zero-order chi connectivity index (χ0) is 13.0. The van der Waals surface area contributed by atoms with Gasteiger partial charge in [0.25, 0.3) is 0 Å². The molecule has 1 saturated heterocycles. The smallest absolute Gasteiger partial charge is 0.239 e. The van der Waals surface area contributed by atoms with E-state index in [9.17, 15) is 4.79 Å². The van der Waals surface area contributed by atoms with Crippen molar-refractivity contribution in [2.75, 3.05) is 18.6 Å². The Bertz CT molecular complexity index is 283. The number of fused-ring (bicyclic) bond motifs is 1. The van der Waals surface area contributed by atoms with Crippen molar-refractivity contribution in [3.05, 3.63) is 0 Å². The van der Waals surface area contributed by atoms with E-state index in [1.54, 1.807) is 11.8 Å². The van der Waals surface area contributed by atoms with Gasteiger partial charge in [-0.25, -0.2) is 0 Å². The van der Waals surface area contributed by atoms with E-state index in [1.165, 1.54) is 38.5 Å². The molecule has 1 aliphatic carbocycles. The molecule has 0 unspecified atom stereocenters. The largest absolute Gasteiger partial charge is 0.338 e. The van der Waals surface area contributed by atoms with Crippen LogP contribution in [0.1, 0.15) is 44.9 Å². The molecule has 3 atom stereocenters. The summed E-state index contributed by atoms with van der Waals surface area (Å²) in [6.07, 6.45) is 10.5. The number of likely N-dealkylation sites (tertiary alicyclic amines) is 1. The normalized spacial score (nSPS) is 29.8. The van der Waals surface area contributed by atoms with Crippen LogP contribution in [0.15, 0.2) is 0 Å². The van der Waals surface area contributed by atoms with E-state index < -0.39 is 0 Å². The van der Waals surface area contributed by atoms with E-state index in [-0.39, 0.29) is 11.9 Å². The number of nitrogens with two attached hydrogens (primary N) is 1. The minimum absolute atomic E-state index is 0.209. The van der Waals surface area contributed by atoms with Gasteiger partial charge >= 0.3 is 0 Å². The first-order valence-corrected chi connectivity index (χ1v) is 8.68. The molecule has 2 rings (SSSR count). The van der Waals surface area contributed by atoms with Crippen molar-refractivity contribution in [3.63, 3.8) is 0 Å². The molecule has 2 N–H and O–H groups in total. The number of amides is 1. The maximum atomic E-state index is 12.5. The molecule has 4 heteroatoms. The Balaban J connectivity index is 1.95. The van der Waals surface area contributed by atoms with Crippen LogP contribution in [0.2, 0.25) is 0 Å². The molecule has 0 aromatic heterocycles. The molecule has 0 spiro atoms. The highest BCUT2D eigenvalue weighted by atomic mass is 32.2. The Hall–Kier alpha value is -0.220. The zero-order valence-corrected chi connectivity index (χ0v) is 12.3. The van der Waals surface area contributed by atoms with Gasteiger partial charge in [-0.15, -0.1) is 0 Å². The number of piperidine rings is 1. The topological polar surface area (TPSA) is 46.3 Å². The van der Waals surface area contributed by atoms with Gasteiger partial charge < -0.3 is 10.6 Å². The molecule has 1 saturated carbocycles. The molecule has 18 heavy (non-hydrogen) atoms. The van der Waals surface area contributed by atoms with Crippen molar-refractivity contribution in [2.45, 2.75) is 57.0 Å². The summed E-state index contributed by atoms with van der Waals surface area (Å²) in [5, 5.41) is 0. The number of hydrogen-bond donors (Lipinski definition) is 1. The highest BCUT2D eigenvalue weighted by Crippen LogP contribution is 2.35. The monoisotopic (exact) mass is 270 g/mol. The maximum Gasteiger partial charge on any atom is 0.239 e. The second-order valence-corrected chi connectivity index (χ2v) is 6.66. The molecule has 0 bridgehead atoms. The van der Waals surface area contributed by atoms with Gasteiger partial charge in [-0.1, -0.05) is 12.8 Å². The van der Waals surface area contributed by atoms with Crippen molar-refractivity contribution in [3.8, 4) is 0 Å². The van der Waals surface area contributed by atoms with Gasteiger partial charge in [0.05, 0.1) is 6.04 Å². The van der Waals surface area contributed by atoms with E-state index in [2.05, 4.69) is 11.2 Å². The van der Waals surface area contributed by atoms with Crippen LogP contribution in [0.3, 0.4) is 0 Å². The number of carbonyl (C=O) groups is 1.